The zero-order valence-electron chi connectivity index (χ0n) is 11.4. The normalized spacial score (nSPS) is 33.4. The number of rotatable bonds is 2. The molecule has 0 nitrogen and oxygen atoms in total. The highest BCUT2D eigenvalue weighted by molar-refractivity contribution is 5.53. The van der Waals surface area contributed by atoms with Crippen LogP contribution in [-0.4, -0.2) is 0 Å². The number of allylic oxidation sites excluding steroid dienone is 2. The van der Waals surface area contributed by atoms with Crippen LogP contribution in [0.4, 0.5) is 0 Å². The Morgan fingerprint density at radius 2 is 1.94 bits per heavy atom. The van der Waals surface area contributed by atoms with Crippen LogP contribution in [0.1, 0.15) is 38.7 Å². The van der Waals surface area contributed by atoms with E-state index in [1.54, 1.807) is 0 Å². The van der Waals surface area contributed by atoms with Gasteiger partial charge in [0.1, 0.15) is 0 Å². The summed E-state index contributed by atoms with van der Waals surface area (Å²) in [6, 6.07) is 10.6. The molecule has 0 radical (unpaired) electrons. The lowest BCUT2D eigenvalue weighted by Crippen LogP contribution is -2.57. The number of hydrogen-bond donors (Lipinski definition) is 0. The summed E-state index contributed by atoms with van der Waals surface area (Å²) >= 11 is 0. The lowest BCUT2D eigenvalue weighted by molar-refractivity contribution is -0.0853. The highest BCUT2D eigenvalue weighted by Gasteiger charge is 2.61. The van der Waals surface area contributed by atoms with Gasteiger partial charge >= 0.3 is 0 Å². The summed E-state index contributed by atoms with van der Waals surface area (Å²) in [6.07, 6.45) is 8.58. The van der Waals surface area contributed by atoms with Gasteiger partial charge in [0.2, 0.25) is 0 Å². The molecule has 2 unspecified atom stereocenters. The van der Waals surface area contributed by atoms with Gasteiger partial charge in [-0.1, -0.05) is 68.5 Å². The zero-order valence-corrected chi connectivity index (χ0v) is 11.4. The molecule has 0 saturated heterocycles. The van der Waals surface area contributed by atoms with Gasteiger partial charge in [0, 0.05) is 5.41 Å². The second kappa shape index (κ2) is 3.85. The lowest BCUT2D eigenvalue weighted by Gasteiger charge is -2.65. The second-order valence-electron chi connectivity index (χ2n) is 6.48. The quantitative estimate of drug-likeness (QED) is 0.630. The fourth-order valence-electron chi connectivity index (χ4n) is 3.98. The molecule has 0 N–H and O–H groups in total. The van der Waals surface area contributed by atoms with E-state index in [-0.39, 0.29) is 5.41 Å². The Kier molecular flexibility index (Phi) is 2.52. The predicted octanol–water partition coefficient (Wildman–Crippen LogP) is 5.08. The number of fused-ring (bicyclic) bond motifs is 2. The van der Waals surface area contributed by atoms with Crippen molar-refractivity contribution in [3.05, 3.63) is 54.1 Å². The molecule has 18 heavy (non-hydrogen) atoms. The van der Waals surface area contributed by atoms with Crippen LogP contribution in [0.3, 0.4) is 0 Å². The summed E-state index contributed by atoms with van der Waals surface area (Å²) in [5.74, 6) is 0.892. The van der Waals surface area contributed by atoms with E-state index in [4.69, 9.17) is 0 Å². The number of hydrogen-bond acceptors (Lipinski definition) is 0. The first-order chi connectivity index (χ1) is 8.56. The van der Waals surface area contributed by atoms with Gasteiger partial charge in [-0.2, -0.15) is 0 Å². The summed E-state index contributed by atoms with van der Waals surface area (Å²) in [7, 11) is 0. The van der Waals surface area contributed by atoms with Crippen molar-refractivity contribution in [3.63, 3.8) is 0 Å². The third kappa shape index (κ3) is 1.44. The molecule has 3 aliphatic carbocycles. The predicted molar refractivity (Wildman–Crippen MR) is 78.2 cm³/mol. The molecule has 0 amide bonds. The molecular weight excluding hydrogens is 216 g/mol. The molecule has 0 heteroatoms. The average Bonchev–Trinajstić information content (AvgIpc) is 2.38. The van der Waals surface area contributed by atoms with Crippen LogP contribution in [0.5, 0.6) is 0 Å². The Labute approximate surface area is 110 Å². The maximum absolute atomic E-state index is 4.36. The van der Waals surface area contributed by atoms with E-state index >= 15 is 0 Å². The first-order valence-corrected chi connectivity index (χ1v) is 6.99. The van der Waals surface area contributed by atoms with E-state index in [0.29, 0.717) is 5.41 Å². The minimum Gasteiger partial charge on any atom is -0.0990 e. The summed E-state index contributed by atoms with van der Waals surface area (Å²) in [5, 5.41) is 0. The van der Waals surface area contributed by atoms with Crippen LogP contribution in [0.15, 0.2) is 48.6 Å². The molecule has 94 valence electrons. The molecule has 3 fully saturated rings. The fourth-order valence-corrected chi connectivity index (χ4v) is 3.98. The van der Waals surface area contributed by atoms with Gasteiger partial charge in [-0.25, -0.2) is 0 Å². The van der Waals surface area contributed by atoms with E-state index in [2.05, 4.69) is 62.9 Å². The molecule has 2 bridgehead atoms. The van der Waals surface area contributed by atoms with E-state index in [9.17, 15) is 0 Å². The maximum Gasteiger partial charge on any atom is 0.0148 e. The van der Waals surface area contributed by atoms with Gasteiger partial charge < -0.3 is 0 Å². The molecule has 0 aliphatic heterocycles. The molecule has 2 atom stereocenters. The maximum atomic E-state index is 4.36. The van der Waals surface area contributed by atoms with E-state index in [0.717, 1.165) is 5.92 Å². The van der Waals surface area contributed by atoms with Crippen LogP contribution < -0.4 is 0 Å². The van der Waals surface area contributed by atoms with Gasteiger partial charge in [0.15, 0.2) is 0 Å². The highest BCUT2D eigenvalue weighted by Crippen LogP contribution is 2.70. The third-order valence-corrected chi connectivity index (χ3v) is 5.52. The van der Waals surface area contributed by atoms with Gasteiger partial charge in [0.05, 0.1) is 0 Å². The minimum atomic E-state index is 0.256. The largest absolute Gasteiger partial charge is 0.0990 e. The molecule has 1 aromatic carbocycles. The van der Waals surface area contributed by atoms with Crippen molar-refractivity contribution >= 4 is 6.08 Å². The molecule has 3 aliphatic rings. The molecular formula is C18H22. The van der Waals surface area contributed by atoms with E-state index in [1.807, 2.05) is 0 Å². The summed E-state index contributed by atoms with van der Waals surface area (Å²) in [4.78, 5) is 0. The van der Waals surface area contributed by atoms with Crippen molar-refractivity contribution < 1.29 is 0 Å². The molecule has 1 aromatic rings. The van der Waals surface area contributed by atoms with Crippen LogP contribution in [0.2, 0.25) is 0 Å². The number of benzene rings is 1. The Balaban J connectivity index is 1.91. The average molecular weight is 238 g/mol. The van der Waals surface area contributed by atoms with Crippen molar-refractivity contribution in [3.8, 4) is 0 Å². The Bertz CT molecular complexity index is 492. The highest BCUT2D eigenvalue weighted by atomic mass is 14.6. The van der Waals surface area contributed by atoms with E-state index < -0.39 is 0 Å². The standard InChI is InChI=1S/C18H22/c1-14-9-10-16-13-18(14,17(16,2)3)12-11-15-7-5-4-6-8-15/h4-8,11-12,16H,1,9-10,13H2,2-3H3. The zero-order chi connectivity index (χ0) is 12.8. The monoisotopic (exact) mass is 238 g/mol. The van der Waals surface area contributed by atoms with Crippen LogP contribution in [-0.2, 0) is 0 Å². The minimum absolute atomic E-state index is 0.256. The topological polar surface area (TPSA) is 0 Å². The second-order valence-corrected chi connectivity index (χ2v) is 6.48. The van der Waals surface area contributed by atoms with Crippen molar-refractivity contribution in [1.29, 1.82) is 0 Å². The third-order valence-electron chi connectivity index (χ3n) is 5.52. The van der Waals surface area contributed by atoms with Crippen LogP contribution >= 0.6 is 0 Å². The summed E-state index contributed by atoms with van der Waals surface area (Å²) in [5.41, 5.74) is 3.39. The Morgan fingerprint density at radius 1 is 1.22 bits per heavy atom. The lowest BCUT2D eigenvalue weighted by atomic mass is 9.38. The van der Waals surface area contributed by atoms with Crippen molar-refractivity contribution in [2.45, 2.75) is 33.1 Å². The van der Waals surface area contributed by atoms with Gasteiger partial charge in [0.25, 0.3) is 0 Å². The van der Waals surface area contributed by atoms with Gasteiger partial charge in [-0.3, -0.25) is 0 Å². The van der Waals surface area contributed by atoms with Crippen molar-refractivity contribution in [2.75, 3.05) is 0 Å². The van der Waals surface area contributed by atoms with Gasteiger partial charge in [-0.15, -0.1) is 0 Å². The fraction of sp³-hybridized carbons (Fsp3) is 0.444. The van der Waals surface area contributed by atoms with Crippen LogP contribution in [0, 0.1) is 16.7 Å². The van der Waals surface area contributed by atoms with Crippen molar-refractivity contribution in [2.24, 2.45) is 16.7 Å². The first-order valence-electron chi connectivity index (χ1n) is 6.99. The molecule has 0 heterocycles. The Hall–Kier alpha value is -1.30. The summed E-state index contributed by atoms with van der Waals surface area (Å²) in [6.45, 7) is 9.20. The smallest absolute Gasteiger partial charge is 0.0148 e. The van der Waals surface area contributed by atoms with Crippen molar-refractivity contribution in [1.82, 2.24) is 0 Å². The molecule has 0 aromatic heterocycles. The Morgan fingerprint density at radius 3 is 2.56 bits per heavy atom. The first kappa shape index (κ1) is 11.8. The molecule has 3 saturated carbocycles. The molecule has 4 rings (SSSR count). The molecule has 0 spiro atoms. The summed E-state index contributed by atoms with van der Waals surface area (Å²) < 4.78 is 0. The van der Waals surface area contributed by atoms with Crippen LogP contribution in [0.25, 0.3) is 6.08 Å². The van der Waals surface area contributed by atoms with Gasteiger partial charge in [-0.05, 0) is 36.2 Å². The SMILES string of the molecule is C=C1CCC2CC1(C=Cc1ccccc1)C2(C)C. The van der Waals surface area contributed by atoms with E-state index in [1.165, 1.54) is 30.4 Å².